The number of amides is 2. The number of halogens is 3. The molecule has 0 bridgehead atoms. The van der Waals surface area contributed by atoms with E-state index in [-0.39, 0.29) is 31.1 Å². The molecule has 8 heteroatoms. The van der Waals surface area contributed by atoms with Gasteiger partial charge in [0.2, 0.25) is 0 Å². The third-order valence-electron chi connectivity index (χ3n) is 4.12. The van der Waals surface area contributed by atoms with E-state index in [4.69, 9.17) is 4.74 Å². The molecule has 1 N–H and O–H groups in total. The fraction of sp³-hybridized carbons (Fsp3) is 0.929. The number of hydrogen-bond donors (Lipinski definition) is 1. The van der Waals surface area contributed by atoms with Crippen molar-refractivity contribution in [3.05, 3.63) is 0 Å². The molecule has 1 heterocycles. The minimum absolute atomic E-state index is 0.0736. The number of carbonyl (C=O) groups is 1. The second-order valence-corrected chi connectivity index (χ2v) is 5.94. The van der Waals surface area contributed by atoms with Gasteiger partial charge < -0.3 is 15.0 Å². The van der Waals surface area contributed by atoms with Crippen molar-refractivity contribution in [3.8, 4) is 0 Å². The van der Waals surface area contributed by atoms with Crippen LogP contribution in [0.2, 0.25) is 0 Å². The SMILES string of the molecule is CO[C@H](CNC(=O)N1CCN([C@@H](C)C(F)(F)F)CC1)C(C)C. The number of ether oxygens (including phenoxy) is 1. The maximum atomic E-state index is 12.7. The second kappa shape index (κ2) is 8.01. The molecular formula is C14H26F3N3O2. The van der Waals surface area contributed by atoms with Crippen LogP contribution in [-0.2, 0) is 4.74 Å². The van der Waals surface area contributed by atoms with Crippen molar-refractivity contribution in [3.63, 3.8) is 0 Å². The molecule has 0 aromatic rings. The summed E-state index contributed by atoms with van der Waals surface area (Å²) in [6, 6.07) is -1.72. The molecule has 1 aliphatic rings. The quantitative estimate of drug-likeness (QED) is 0.840. The Kier molecular flexibility index (Phi) is 6.93. The molecule has 0 saturated carbocycles. The van der Waals surface area contributed by atoms with E-state index in [1.54, 1.807) is 12.0 Å². The summed E-state index contributed by atoms with van der Waals surface area (Å²) in [6.45, 7) is 6.60. The van der Waals surface area contributed by atoms with Gasteiger partial charge in [0, 0.05) is 39.8 Å². The van der Waals surface area contributed by atoms with Crippen LogP contribution in [0.4, 0.5) is 18.0 Å². The minimum atomic E-state index is -4.23. The van der Waals surface area contributed by atoms with Crippen molar-refractivity contribution in [2.45, 2.75) is 39.1 Å². The number of nitrogens with one attached hydrogen (secondary N) is 1. The van der Waals surface area contributed by atoms with Crippen LogP contribution in [0.3, 0.4) is 0 Å². The summed E-state index contributed by atoms with van der Waals surface area (Å²) < 4.78 is 43.3. The molecule has 0 unspecified atom stereocenters. The lowest BCUT2D eigenvalue weighted by Crippen LogP contribution is -2.56. The Labute approximate surface area is 129 Å². The zero-order valence-electron chi connectivity index (χ0n) is 13.6. The molecule has 0 spiro atoms. The van der Waals surface area contributed by atoms with Crippen LogP contribution in [0.5, 0.6) is 0 Å². The first-order valence-electron chi connectivity index (χ1n) is 7.53. The zero-order chi connectivity index (χ0) is 16.9. The highest BCUT2D eigenvalue weighted by molar-refractivity contribution is 5.74. The van der Waals surface area contributed by atoms with Crippen LogP contribution in [0.15, 0.2) is 0 Å². The standard InChI is InChI=1S/C14H26F3N3O2/c1-10(2)12(22-4)9-18-13(21)20-7-5-19(6-8-20)11(3)14(15,16)17/h10-12H,5-9H2,1-4H3,(H,18,21)/t11-,12+/m0/s1. The fourth-order valence-corrected chi connectivity index (χ4v) is 2.41. The Balaban J connectivity index is 2.40. The number of methoxy groups -OCH3 is 1. The van der Waals surface area contributed by atoms with Crippen LogP contribution in [0.1, 0.15) is 20.8 Å². The molecule has 2 atom stereocenters. The van der Waals surface area contributed by atoms with Crippen molar-refractivity contribution in [1.29, 1.82) is 0 Å². The predicted octanol–water partition coefficient (Wildman–Crippen LogP) is 1.94. The molecule has 130 valence electrons. The van der Waals surface area contributed by atoms with Crippen LogP contribution >= 0.6 is 0 Å². The Hall–Kier alpha value is -1.02. The van der Waals surface area contributed by atoms with Gasteiger partial charge in [0.1, 0.15) is 6.04 Å². The number of urea groups is 1. The van der Waals surface area contributed by atoms with Crippen LogP contribution in [0.25, 0.3) is 0 Å². The van der Waals surface area contributed by atoms with E-state index in [1.165, 1.54) is 4.90 Å². The van der Waals surface area contributed by atoms with Crippen LogP contribution in [0, 0.1) is 5.92 Å². The summed E-state index contributed by atoms with van der Waals surface area (Å²) in [7, 11) is 1.59. The lowest BCUT2D eigenvalue weighted by atomic mass is 10.1. The van der Waals surface area contributed by atoms with Gasteiger partial charge in [-0.2, -0.15) is 13.2 Å². The van der Waals surface area contributed by atoms with Gasteiger partial charge >= 0.3 is 12.2 Å². The maximum absolute atomic E-state index is 12.7. The van der Waals surface area contributed by atoms with Gasteiger partial charge in [0.05, 0.1) is 6.10 Å². The first-order valence-corrected chi connectivity index (χ1v) is 7.53. The summed E-state index contributed by atoms with van der Waals surface area (Å²) in [5, 5.41) is 2.78. The average Bonchev–Trinajstić information content (AvgIpc) is 2.45. The Morgan fingerprint density at radius 1 is 1.18 bits per heavy atom. The molecule has 0 aromatic carbocycles. The summed E-state index contributed by atoms with van der Waals surface area (Å²) in [5.41, 5.74) is 0. The summed E-state index contributed by atoms with van der Waals surface area (Å²) in [4.78, 5) is 14.9. The minimum Gasteiger partial charge on any atom is -0.379 e. The van der Waals surface area contributed by atoms with E-state index in [2.05, 4.69) is 5.32 Å². The van der Waals surface area contributed by atoms with Crippen molar-refractivity contribution in [1.82, 2.24) is 15.1 Å². The summed E-state index contributed by atoms with van der Waals surface area (Å²) >= 11 is 0. The number of piperazine rings is 1. The second-order valence-electron chi connectivity index (χ2n) is 5.94. The van der Waals surface area contributed by atoms with Crippen molar-refractivity contribution < 1.29 is 22.7 Å². The predicted molar refractivity (Wildman–Crippen MR) is 77.7 cm³/mol. The lowest BCUT2D eigenvalue weighted by Gasteiger charge is -2.38. The Bertz CT molecular complexity index is 356. The Morgan fingerprint density at radius 2 is 1.73 bits per heavy atom. The maximum Gasteiger partial charge on any atom is 0.403 e. The first kappa shape index (κ1) is 19.0. The largest absolute Gasteiger partial charge is 0.403 e. The first-order chi connectivity index (χ1) is 10.2. The van der Waals surface area contributed by atoms with Crippen LogP contribution in [-0.4, -0.2) is 74.0 Å². The number of carbonyl (C=O) groups excluding carboxylic acids is 1. The topological polar surface area (TPSA) is 44.8 Å². The molecule has 1 fully saturated rings. The fourth-order valence-electron chi connectivity index (χ4n) is 2.41. The van der Waals surface area contributed by atoms with Gasteiger partial charge in [-0.25, -0.2) is 4.79 Å². The van der Waals surface area contributed by atoms with Gasteiger partial charge in [0.25, 0.3) is 0 Å². The molecule has 0 aromatic heterocycles. The highest BCUT2D eigenvalue weighted by Gasteiger charge is 2.41. The van der Waals surface area contributed by atoms with Gasteiger partial charge in [-0.15, -0.1) is 0 Å². The molecule has 0 aliphatic carbocycles. The molecule has 1 aliphatic heterocycles. The van der Waals surface area contributed by atoms with E-state index < -0.39 is 12.2 Å². The van der Waals surface area contributed by atoms with Gasteiger partial charge in [-0.1, -0.05) is 13.8 Å². The van der Waals surface area contributed by atoms with Crippen molar-refractivity contribution in [2.24, 2.45) is 5.92 Å². The average molecular weight is 325 g/mol. The van der Waals surface area contributed by atoms with Gasteiger partial charge in [-0.05, 0) is 12.8 Å². The van der Waals surface area contributed by atoms with Crippen molar-refractivity contribution in [2.75, 3.05) is 39.8 Å². The Morgan fingerprint density at radius 3 is 2.14 bits per heavy atom. The molecule has 2 amide bonds. The van der Waals surface area contributed by atoms with Gasteiger partial charge in [-0.3, -0.25) is 4.90 Å². The van der Waals surface area contributed by atoms with Crippen LogP contribution < -0.4 is 5.32 Å². The molecule has 0 radical (unpaired) electrons. The van der Waals surface area contributed by atoms with E-state index in [9.17, 15) is 18.0 Å². The lowest BCUT2D eigenvalue weighted by molar-refractivity contribution is -0.181. The number of nitrogens with zero attached hydrogens (tertiary/aromatic N) is 2. The number of hydrogen-bond acceptors (Lipinski definition) is 3. The monoisotopic (exact) mass is 325 g/mol. The summed E-state index contributed by atoms with van der Waals surface area (Å²) in [6.07, 6.45) is -4.30. The smallest absolute Gasteiger partial charge is 0.379 e. The van der Waals surface area contributed by atoms with Gasteiger partial charge in [0.15, 0.2) is 0 Å². The summed E-state index contributed by atoms with van der Waals surface area (Å²) in [5.74, 6) is 0.273. The third-order valence-corrected chi connectivity index (χ3v) is 4.12. The van der Waals surface area contributed by atoms with Crippen molar-refractivity contribution >= 4 is 6.03 Å². The molecule has 1 saturated heterocycles. The third kappa shape index (κ3) is 5.31. The number of alkyl halides is 3. The zero-order valence-corrected chi connectivity index (χ0v) is 13.6. The normalized spacial score (nSPS) is 20.1. The van der Waals surface area contributed by atoms with E-state index in [0.29, 0.717) is 19.6 Å². The number of rotatable bonds is 5. The van der Waals surface area contributed by atoms with E-state index >= 15 is 0 Å². The molecule has 22 heavy (non-hydrogen) atoms. The highest BCUT2D eigenvalue weighted by Crippen LogP contribution is 2.25. The highest BCUT2D eigenvalue weighted by atomic mass is 19.4. The van der Waals surface area contributed by atoms with E-state index in [1.807, 2.05) is 13.8 Å². The van der Waals surface area contributed by atoms with E-state index in [0.717, 1.165) is 6.92 Å². The molecular weight excluding hydrogens is 299 g/mol. The molecule has 5 nitrogen and oxygen atoms in total. The molecule has 1 rings (SSSR count).